The quantitative estimate of drug-likeness (QED) is 0.800. The normalized spacial score (nSPS) is 15.7. The molecule has 1 aliphatic rings. The summed E-state index contributed by atoms with van der Waals surface area (Å²) in [5.74, 6) is -0.300. The lowest BCUT2D eigenvalue weighted by molar-refractivity contribution is -0.154. The van der Waals surface area contributed by atoms with Gasteiger partial charge in [-0.05, 0) is 18.9 Å². The van der Waals surface area contributed by atoms with Crippen LogP contribution in [0.15, 0.2) is 24.3 Å². The molecule has 0 N–H and O–H groups in total. The molecule has 24 heavy (non-hydrogen) atoms. The lowest BCUT2D eigenvalue weighted by Crippen LogP contribution is -2.45. The molecule has 0 radical (unpaired) electrons. The number of carbonyl (C=O) groups excluding carboxylic acids is 2. The number of ether oxygens (including phenoxy) is 1. The molecule has 0 bridgehead atoms. The average molecular weight is 328 g/mol. The van der Waals surface area contributed by atoms with Crippen LogP contribution in [0.3, 0.4) is 0 Å². The molecule has 0 atom stereocenters. The van der Waals surface area contributed by atoms with Gasteiger partial charge < -0.3 is 9.64 Å². The lowest BCUT2D eigenvalue weighted by Gasteiger charge is -2.34. The van der Waals surface area contributed by atoms with Gasteiger partial charge in [-0.2, -0.15) is 5.26 Å². The molecule has 5 nitrogen and oxygen atoms in total. The zero-order valence-electron chi connectivity index (χ0n) is 14.5. The van der Waals surface area contributed by atoms with Crippen LogP contribution in [0.1, 0.15) is 44.7 Å². The SMILES string of the molecule is CC(C)(C)C(=O)N1CCC(C(=O)OCc2ccccc2C#N)CC1. The van der Waals surface area contributed by atoms with E-state index in [2.05, 4.69) is 6.07 Å². The third-order valence-corrected chi connectivity index (χ3v) is 4.26. The van der Waals surface area contributed by atoms with Gasteiger partial charge in [0.1, 0.15) is 6.61 Å². The van der Waals surface area contributed by atoms with Crippen molar-refractivity contribution in [3.05, 3.63) is 35.4 Å². The number of hydrogen-bond donors (Lipinski definition) is 0. The first kappa shape index (κ1) is 18.0. The average Bonchev–Trinajstić information content (AvgIpc) is 2.58. The summed E-state index contributed by atoms with van der Waals surface area (Å²) in [6.07, 6.45) is 1.25. The number of nitriles is 1. The first-order valence-corrected chi connectivity index (χ1v) is 8.27. The summed E-state index contributed by atoms with van der Waals surface area (Å²) in [6, 6.07) is 9.20. The molecule has 1 aliphatic heterocycles. The summed E-state index contributed by atoms with van der Waals surface area (Å²) in [4.78, 5) is 26.3. The van der Waals surface area contributed by atoms with Gasteiger partial charge >= 0.3 is 5.97 Å². The van der Waals surface area contributed by atoms with E-state index >= 15 is 0 Å². The highest BCUT2D eigenvalue weighted by atomic mass is 16.5. The molecular formula is C19H24N2O3. The number of amides is 1. The molecule has 0 saturated carbocycles. The minimum Gasteiger partial charge on any atom is -0.461 e. The number of piperidine rings is 1. The number of benzene rings is 1. The molecule has 1 fully saturated rings. The van der Waals surface area contributed by atoms with Crippen LogP contribution >= 0.6 is 0 Å². The molecular weight excluding hydrogens is 304 g/mol. The van der Waals surface area contributed by atoms with Crippen molar-refractivity contribution in [3.63, 3.8) is 0 Å². The number of nitrogens with zero attached hydrogens (tertiary/aromatic N) is 2. The lowest BCUT2D eigenvalue weighted by atomic mass is 9.91. The topological polar surface area (TPSA) is 70.4 Å². The van der Waals surface area contributed by atoms with Crippen molar-refractivity contribution in [1.29, 1.82) is 5.26 Å². The highest BCUT2D eigenvalue weighted by Gasteiger charge is 2.32. The van der Waals surface area contributed by atoms with Gasteiger partial charge in [-0.1, -0.05) is 39.0 Å². The second-order valence-corrected chi connectivity index (χ2v) is 7.19. The summed E-state index contributed by atoms with van der Waals surface area (Å²) in [6.45, 7) is 7.01. The fourth-order valence-corrected chi connectivity index (χ4v) is 2.81. The molecule has 1 aromatic carbocycles. The van der Waals surface area contributed by atoms with Crippen LogP contribution < -0.4 is 0 Å². The van der Waals surface area contributed by atoms with Gasteiger partial charge in [0.05, 0.1) is 17.6 Å². The molecule has 0 unspecified atom stereocenters. The molecule has 2 rings (SSSR count). The van der Waals surface area contributed by atoms with Crippen molar-refractivity contribution in [3.8, 4) is 6.07 Å². The van der Waals surface area contributed by atoms with E-state index in [4.69, 9.17) is 10.00 Å². The van der Waals surface area contributed by atoms with Crippen molar-refractivity contribution in [2.75, 3.05) is 13.1 Å². The van der Waals surface area contributed by atoms with Crippen LogP contribution in [0.2, 0.25) is 0 Å². The van der Waals surface area contributed by atoms with Crippen LogP contribution in [-0.4, -0.2) is 29.9 Å². The maximum absolute atomic E-state index is 12.3. The van der Waals surface area contributed by atoms with Gasteiger partial charge in [-0.25, -0.2) is 0 Å². The smallest absolute Gasteiger partial charge is 0.309 e. The van der Waals surface area contributed by atoms with E-state index in [0.717, 1.165) is 0 Å². The van der Waals surface area contributed by atoms with Gasteiger partial charge in [-0.15, -0.1) is 0 Å². The summed E-state index contributed by atoms with van der Waals surface area (Å²) in [5, 5.41) is 9.05. The highest BCUT2D eigenvalue weighted by molar-refractivity contribution is 5.82. The Morgan fingerprint density at radius 2 is 1.88 bits per heavy atom. The first-order valence-electron chi connectivity index (χ1n) is 8.27. The Morgan fingerprint density at radius 3 is 2.46 bits per heavy atom. The fraction of sp³-hybridized carbons (Fsp3) is 0.526. The van der Waals surface area contributed by atoms with Crippen LogP contribution in [0, 0.1) is 22.7 Å². The van der Waals surface area contributed by atoms with Crippen LogP contribution in [0.5, 0.6) is 0 Å². The van der Waals surface area contributed by atoms with Crippen LogP contribution in [0.4, 0.5) is 0 Å². The second kappa shape index (κ2) is 7.48. The third kappa shape index (κ3) is 4.35. The van der Waals surface area contributed by atoms with E-state index in [-0.39, 0.29) is 24.4 Å². The monoisotopic (exact) mass is 328 g/mol. The number of likely N-dealkylation sites (tertiary alicyclic amines) is 1. The summed E-state index contributed by atoms with van der Waals surface area (Å²) >= 11 is 0. The summed E-state index contributed by atoms with van der Waals surface area (Å²) < 4.78 is 5.38. The number of esters is 1. The standard InChI is InChI=1S/C19H24N2O3/c1-19(2,3)18(23)21-10-8-14(9-11-21)17(22)24-13-16-7-5-4-6-15(16)12-20/h4-7,14H,8-11,13H2,1-3H3. The van der Waals surface area contributed by atoms with Gasteiger partial charge in [-0.3, -0.25) is 9.59 Å². The zero-order valence-corrected chi connectivity index (χ0v) is 14.5. The van der Waals surface area contributed by atoms with Gasteiger partial charge in [0, 0.05) is 24.1 Å². The Hall–Kier alpha value is -2.35. The molecule has 5 heteroatoms. The molecule has 1 amide bonds. The van der Waals surface area contributed by atoms with Gasteiger partial charge in [0.25, 0.3) is 0 Å². The molecule has 128 valence electrons. The van der Waals surface area contributed by atoms with Crippen LogP contribution in [0.25, 0.3) is 0 Å². The van der Waals surface area contributed by atoms with E-state index < -0.39 is 5.41 Å². The zero-order chi connectivity index (χ0) is 17.7. The van der Waals surface area contributed by atoms with E-state index in [1.165, 1.54) is 0 Å². The Bertz CT molecular complexity index is 647. The van der Waals surface area contributed by atoms with E-state index in [1.807, 2.05) is 31.7 Å². The van der Waals surface area contributed by atoms with Gasteiger partial charge in [0.15, 0.2) is 0 Å². The molecule has 1 saturated heterocycles. The molecule has 1 aromatic rings. The Kier molecular flexibility index (Phi) is 5.61. The third-order valence-electron chi connectivity index (χ3n) is 4.26. The largest absolute Gasteiger partial charge is 0.461 e. The van der Waals surface area contributed by atoms with Crippen molar-refractivity contribution < 1.29 is 14.3 Å². The Balaban J connectivity index is 1.85. The molecule has 1 heterocycles. The van der Waals surface area contributed by atoms with Crippen LogP contribution in [-0.2, 0) is 20.9 Å². The van der Waals surface area contributed by atoms with Gasteiger partial charge in [0.2, 0.25) is 5.91 Å². The predicted octanol–water partition coefficient (Wildman–Crippen LogP) is 2.89. The van der Waals surface area contributed by atoms with Crippen molar-refractivity contribution >= 4 is 11.9 Å². The second-order valence-electron chi connectivity index (χ2n) is 7.19. The number of rotatable bonds is 3. The minimum absolute atomic E-state index is 0.115. The van der Waals surface area contributed by atoms with E-state index in [0.29, 0.717) is 37.1 Å². The maximum atomic E-state index is 12.3. The summed E-state index contributed by atoms with van der Waals surface area (Å²) in [7, 11) is 0. The summed E-state index contributed by atoms with van der Waals surface area (Å²) in [5.41, 5.74) is 0.846. The molecule has 0 spiro atoms. The maximum Gasteiger partial charge on any atom is 0.309 e. The number of hydrogen-bond acceptors (Lipinski definition) is 4. The predicted molar refractivity (Wildman–Crippen MR) is 89.7 cm³/mol. The van der Waals surface area contributed by atoms with Crippen molar-refractivity contribution in [2.45, 2.75) is 40.2 Å². The fourth-order valence-electron chi connectivity index (χ4n) is 2.81. The molecule has 0 aliphatic carbocycles. The Labute approximate surface area is 143 Å². The molecule has 0 aromatic heterocycles. The van der Waals surface area contributed by atoms with E-state index in [9.17, 15) is 9.59 Å². The minimum atomic E-state index is -0.394. The first-order chi connectivity index (χ1) is 11.3. The van der Waals surface area contributed by atoms with Crippen molar-refractivity contribution in [2.24, 2.45) is 11.3 Å². The van der Waals surface area contributed by atoms with Crippen molar-refractivity contribution in [1.82, 2.24) is 4.90 Å². The highest BCUT2D eigenvalue weighted by Crippen LogP contribution is 2.24. The Morgan fingerprint density at radius 1 is 1.25 bits per heavy atom. The number of carbonyl (C=O) groups is 2. The van der Waals surface area contributed by atoms with E-state index in [1.54, 1.807) is 18.2 Å².